The first-order valence-corrected chi connectivity index (χ1v) is 7.94. The Hall–Kier alpha value is -2.02. The molecule has 0 saturated carbocycles. The number of carbonyl (C=O) groups excluding carboxylic acids is 2. The summed E-state index contributed by atoms with van der Waals surface area (Å²) in [7, 11) is 0. The SMILES string of the molecule is CC(=O)N1CC[C@H]2OCC[C@@]2(C(=O)NCc2cnc(C)cn2)C1. The van der Waals surface area contributed by atoms with E-state index in [0.717, 1.165) is 11.4 Å². The minimum absolute atomic E-state index is 0.00641. The molecule has 1 N–H and O–H groups in total. The highest BCUT2D eigenvalue weighted by Gasteiger charge is 2.53. The first-order valence-electron chi connectivity index (χ1n) is 7.94. The van der Waals surface area contributed by atoms with Crippen molar-refractivity contribution in [2.75, 3.05) is 19.7 Å². The lowest BCUT2D eigenvalue weighted by Crippen LogP contribution is -2.57. The highest BCUT2D eigenvalue weighted by Crippen LogP contribution is 2.41. The maximum absolute atomic E-state index is 12.8. The number of carbonyl (C=O) groups is 2. The minimum atomic E-state index is -0.637. The molecule has 2 aliphatic heterocycles. The van der Waals surface area contributed by atoms with E-state index in [4.69, 9.17) is 4.74 Å². The highest BCUT2D eigenvalue weighted by atomic mass is 16.5. The summed E-state index contributed by atoms with van der Waals surface area (Å²) in [6, 6.07) is 0. The third-order valence-corrected chi connectivity index (χ3v) is 4.78. The van der Waals surface area contributed by atoms with Crippen LogP contribution < -0.4 is 5.32 Å². The lowest BCUT2D eigenvalue weighted by atomic mass is 9.75. The molecule has 1 aromatic rings. The molecule has 2 fully saturated rings. The molecule has 2 aliphatic rings. The van der Waals surface area contributed by atoms with E-state index in [2.05, 4.69) is 15.3 Å². The van der Waals surface area contributed by atoms with Crippen molar-refractivity contribution < 1.29 is 14.3 Å². The fourth-order valence-corrected chi connectivity index (χ4v) is 3.39. The number of aryl methyl sites for hydroxylation is 1. The molecule has 0 aromatic carbocycles. The van der Waals surface area contributed by atoms with Crippen LogP contribution in [0, 0.1) is 12.3 Å². The number of hydrogen-bond donors (Lipinski definition) is 1. The number of rotatable bonds is 3. The third-order valence-electron chi connectivity index (χ3n) is 4.78. The topological polar surface area (TPSA) is 84.4 Å². The van der Waals surface area contributed by atoms with Crippen molar-refractivity contribution >= 4 is 11.8 Å². The second-order valence-electron chi connectivity index (χ2n) is 6.33. The summed E-state index contributed by atoms with van der Waals surface area (Å²) in [6.07, 6.45) is 4.59. The number of fused-ring (bicyclic) bond motifs is 1. The van der Waals surface area contributed by atoms with Crippen LogP contribution in [0.25, 0.3) is 0 Å². The number of likely N-dealkylation sites (tertiary alicyclic amines) is 1. The van der Waals surface area contributed by atoms with Crippen LogP contribution in [0.15, 0.2) is 12.4 Å². The Morgan fingerprint density at radius 2 is 2.26 bits per heavy atom. The molecule has 0 unspecified atom stereocenters. The standard InChI is InChI=1S/C16H22N4O3/c1-11-7-18-13(8-17-11)9-19-15(22)16-4-6-23-14(16)3-5-20(10-16)12(2)21/h7-8,14H,3-6,9-10H2,1-2H3,(H,19,22)/t14-,16-/m1/s1. The molecule has 0 bridgehead atoms. The van der Waals surface area contributed by atoms with Gasteiger partial charge in [0.2, 0.25) is 11.8 Å². The van der Waals surface area contributed by atoms with Gasteiger partial charge in [0.15, 0.2) is 0 Å². The Morgan fingerprint density at radius 1 is 1.43 bits per heavy atom. The van der Waals surface area contributed by atoms with Gasteiger partial charge in [-0.1, -0.05) is 0 Å². The maximum atomic E-state index is 12.8. The van der Waals surface area contributed by atoms with Crippen molar-refractivity contribution in [2.24, 2.45) is 5.41 Å². The Labute approximate surface area is 135 Å². The van der Waals surface area contributed by atoms with E-state index < -0.39 is 5.41 Å². The molecule has 0 spiro atoms. The fourth-order valence-electron chi connectivity index (χ4n) is 3.39. The Morgan fingerprint density at radius 3 is 2.96 bits per heavy atom. The van der Waals surface area contributed by atoms with Crippen molar-refractivity contribution in [3.05, 3.63) is 23.8 Å². The van der Waals surface area contributed by atoms with Crippen LogP contribution in [-0.4, -0.2) is 52.5 Å². The molecule has 0 aliphatic carbocycles. The van der Waals surface area contributed by atoms with Crippen molar-refractivity contribution in [1.29, 1.82) is 0 Å². The zero-order chi connectivity index (χ0) is 16.4. The van der Waals surface area contributed by atoms with E-state index in [-0.39, 0.29) is 17.9 Å². The Balaban J connectivity index is 1.70. The van der Waals surface area contributed by atoms with Crippen molar-refractivity contribution in [2.45, 2.75) is 39.3 Å². The monoisotopic (exact) mass is 318 g/mol. The van der Waals surface area contributed by atoms with Gasteiger partial charge in [-0.3, -0.25) is 19.6 Å². The number of nitrogens with zero attached hydrogens (tertiary/aromatic N) is 3. The van der Waals surface area contributed by atoms with E-state index in [0.29, 0.717) is 39.1 Å². The fraction of sp³-hybridized carbons (Fsp3) is 0.625. The first-order chi connectivity index (χ1) is 11.0. The number of amides is 2. The van der Waals surface area contributed by atoms with Crippen LogP contribution in [-0.2, 0) is 20.9 Å². The normalized spacial score (nSPS) is 26.7. The van der Waals surface area contributed by atoms with E-state index in [9.17, 15) is 9.59 Å². The van der Waals surface area contributed by atoms with Gasteiger partial charge in [-0.05, 0) is 19.8 Å². The molecule has 7 heteroatoms. The van der Waals surface area contributed by atoms with Crippen LogP contribution in [0.5, 0.6) is 0 Å². The molecule has 0 radical (unpaired) electrons. The molecular formula is C16H22N4O3. The molecule has 3 heterocycles. The van der Waals surface area contributed by atoms with Gasteiger partial charge in [-0.25, -0.2) is 0 Å². The van der Waals surface area contributed by atoms with Gasteiger partial charge < -0.3 is 15.0 Å². The number of nitrogens with one attached hydrogen (secondary N) is 1. The van der Waals surface area contributed by atoms with E-state index in [1.807, 2.05) is 6.92 Å². The smallest absolute Gasteiger partial charge is 0.231 e. The zero-order valence-corrected chi connectivity index (χ0v) is 13.5. The lowest BCUT2D eigenvalue weighted by Gasteiger charge is -2.42. The van der Waals surface area contributed by atoms with Crippen LogP contribution in [0.1, 0.15) is 31.2 Å². The van der Waals surface area contributed by atoms with Gasteiger partial charge in [0.25, 0.3) is 0 Å². The summed E-state index contributed by atoms with van der Waals surface area (Å²) in [5.41, 5.74) is 0.921. The van der Waals surface area contributed by atoms with Crippen LogP contribution >= 0.6 is 0 Å². The second-order valence-corrected chi connectivity index (χ2v) is 6.33. The summed E-state index contributed by atoms with van der Waals surface area (Å²) >= 11 is 0. The largest absolute Gasteiger partial charge is 0.377 e. The molecule has 2 amide bonds. The molecular weight excluding hydrogens is 296 g/mol. The van der Waals surface area contributed by atoms with Gasteiger partial charge in [0, 0.05) is 32.8 Å². The van der Waals surface area contributed by atoms with Crippen LogP contribution in [0.2, 0.25) is 0 Å². The number of aromatic nitrogens is 2. The van der Waals surface area contributed by atoms with Gasteiger partial charge in [0.05, 0.1) is 35.6 Å². The van der Waals surface area contributed by atoms with Gasteiger partial charge in [0.1, 0.15) is 0 Å². The van der Waals surface area contributed by atoms with Gasteiger partial charge in [-0.15, -0.1) is 0 Å². The summed E-state index contributed by atoms with van der Waals surface area (Å²) in [4.78, 5) is 34.7. The average Bonchev–Trinajstić information content (AvgIpc) is 2.98. The Kier molecular flexibility index (Phi) is 4.30. The van der Waals surface area contributed by atoms with Gasteiger partial charge in [-0.2, -0.15) is 0 Å². The molecule has 1 aromatic heterocycles. The second kappa shape index (κ2) is 6.23. The minimum Gasteiger partial charge on any atom is -0.377 e. The van der Waals surface area contributed by atoms with E-state index in [1.54, 1.807) is 24.2 Å². The summed E-state index contributed by atoms with van der Waals surface area (Å²) in [6.45, 7) is 5.39. The van der Waals surface area contributed by atoms with E-state index >= 15 is 0 Å². The predicted octanol–water partition coefficient (Wildman–Crippen LogP) is 0.429. The highest BCUT2D eigenvalue weighted by molar-refractivity contribution is 5.85. The Bertz CT molecular complexity index is 604. The number of ether oxygens (including phenoxy) is 1. The molecule has 124 valence electrons. The molecule has 7 nitrogen and oxygen atoms in total. The van der Waals surface area contributed by atoms with Crippen LogP contribution in [0.3, 0.4) is 0 Å². The number of hydrogen-bond acceptors (Lipinski definition) is 5. The van der Waals surface area contributed by atoms with Crippen molar-refractivity contribution in [3.63, 3.8) is 0 Å². The molecule has 3 rings (SSSR count). The first kappa shape index (κ1) is 15.9. The van der Waals surface area contributed by atoms with Crippen molar-refractivity contribution in [1.82, 2.24) is 20.2 Å². The number of piperidine rings is 1. The lowest BCUT2D eigenvalue weighted by molar-refractivity contribution is -0.145. The molecule has 2 atom stereocenters. The molecule has 23 heavy (non-hydrogen) atoms. The third kappa shape index (κ3) is 3.06. The summed E-state index contributed by atoms with van der Waals surface area (Å²) in [5, 5.41) is 2.95. The van der Waals surface area contributed by atoms with E-state index in [1.165, 1.54) is 0 Å². The molecule has 2 saturated heterocycles. The maximum Gasteiger partial charge on any atom is 0.231 e. The van der Waals surface area contributed by atoms with Crippen molar-refractivity contribution in [3.8, 4) is 0 Å². The summed E-state index contributed by atoms with van der Waals surface area (Å²) in [5.74, 6) is -0.0553. The average molecular weight is 318 g/mol. The summed E-state index contributed by atoms with van der Waals surface area (Å²) < 4.78 is 5.75. The van der Waals surface area contributed by atoms with Gasteiger partial charge >= 0.3 is 0 Å². The zero-order valence-electron chi connectivity index (χ0n) is 13.5. The quantitative estimate of drug-likeness (QED) is 0.873. The predicted molar refractivity (Wildman–Crippen MR) is 82.3 cm³/mol. The van der Waals surface area contributed by atoms with Crippen LogP contribution in [0.4, 0.5) is 0 Å².